The van der Waals surface area contributed by atoms with E-state index in [0.717, 1.165) is 21.7 Å². The van der Waals surface area contributed by atoms with Crippen molar-refractivity contribution >= 4 is 6.09 Å². The van der Waals surface area contributed by atoms with Crippen LogP contribution >= 0.6 is 0 Å². The van der Waals surface area contributed by atoms with Crippen LogP contribution in [0.15, 0.2) is 65.2 Å². The summed E-state index contributed by atoms with van der Waals surface area (Å²) in [6.45, 7) is 0.684. The topological polar surface area (TPSA) is 98.9 Å². The lowest BCUT2D eigenvalue weighted by Gasteiger charge is -2.37. The SMILES string of the molecule is O=C([O-])N1CCC(c2ccc(OCc3cc(-c4ccccc4)no3)cc2)C(O)C1. The Kier molecular flexibility index (Phi) is 5.48. The number of benzene rings is 2. The van der Waals surface area contributed by atoms with E-state index in [2.05, 4.69) is 5.16 Å². The highest BCUT2D eigenvalue weighted by atomic mass is 16.5. The second-order valence-corrected chi connectivity index (χ2v) is 7.08. The van der Waals surface area contributed by atoms with Crippen molar-refractivity contribution in [2.24, 2.45) is 0 Å². The van der Waals surface area contributed by atoms with Crippen LogP contribution < -0.4 is 9.84 Å². The molecule has 1 amide bonds. The first-order valence-corrected chi connectivity index (χ1v) is 9.48. The lowest BCUT2D eigenvalue weighted by atomic mass is 9.87. The summed E-state index contributed by atoms with van der Waals surface area (Å²) in [6, 6.07) is 19.1. The van der Waals surface area contributed by atoms with Crippen molar-refractivity contribution in [3.63, 3.8) is 0 Å². The largest absolute Gasteiger partial charge is 0.530 e. The van der Waals surface area contributed by atoms with Crippen LogP contribution in [0.25, 0.3) is 11.3 Å². The predicted octanol–water partition coefficient (Wildman–Crippen LogP) is 2.41. The molecule has 7 heteroatoms. The van der Waals surface area contributed by atoms with Crippen molar-refractivity contribution in [1.82, 2.24) is 10.1 Å². The Morgan fingerprint density at radius 3 is 2.66 bits per heavy atom. The highest BCUT2D eigenvalue weighted by molar-refractivity contribution is 5.62. The molecule has 0 spiro atoms. The zero-order valence-electron chi connectivity index (χ0n) is 15.7. The van der Waals surface area contributed by atoms with Gasteiger partial charge in [0.05, 0.1) is 6.10 Å². The van der Waals surface area contributed by atoms with Gasteiger partial charge in [-0.1, -0.05) is 47.6 Å². The fraction of sp³-hybridized carbons (Fsp3) is 0.273. The molecule has 2 unspecified atom stereocenters. The quantitative estimate of drug-likeness (QED) is 0.715. The van der Waals surface area contributed by atoms with Gasteiger partial charge in [-0.2, -0.15) is 0 Å². The summed E-state index contributed by atoms with van der Waals surface area (Å²) in [5.41, 5.74) is 2.69. The first kappa shape index (κ1) is 19.0. The number of rotatable bonds is 5. The number of ether oxygens (including phenoxy) is 1. The van der Waals surface area contributed by atoms with E-state index >= 15 is 0 Å². The molecule has 4 rings (SSSR count). The Hall–Kier alpha value is -3.32. The van der Waals surface area contributed by atoms with Crippen LogP contribution in [-0.4, -0.2) is 40.4 Å². The molecule has 0 bridgehead atoms. The number of carbonyl (C=O) groups is 1. The molecule has 0 radical (unpaired) electrons. The maximum absolute atomic E-state index is 10.9. The summed E-state index contributed by atoms with van der Waals surface area (Å²) in [4.78, 5) is 12.1. The second kappa shape index (κ2) is 8.36. The number of carboxylic acid groups (broad SMARTS) is 1. The van der Waals surface area contributed by atoms with Crippen molar-refractivity contribution in [2.75, 3.05) is 13.1 Å². The molecule has 2 atom stereocenters. The van der Waals surface area contributed by atoms with E-state index in [1.165, 1.54) is 0 Å². The number of amides is 1. The first-order chi connectivity index (χ1) is 14.1. The lowest BCUT2D eigenvalue weighted by Crippen LogP contribution is -2.50. The van der Waals surface area contributed by atoms with Gasteiger partial charge in [0.15, 0.2) is 5.76 Å². The van der Waals surface area contributed by atoms with Crippen molar-refractivity contribution < 1.29 is 24.3 Å². The smallest absolute Gasteiger partial charge is 0.174 e. The van der Waals surface area contributed by atoms with Crippen molar-refractivity contribution in [3.8, 4) is 17.0 Å². The fourth-order valence-corrected chi connectivity index (χ4v) is 3.58. The van der Waals surface area contributed by atoms with Crippen LogP contribution in [0.4, 0.5) is 4.79 Å². The maximum atomic E-state index is 10.9. The number of aliphatic hydroxyl groups is 1. The number of hydrogen-bond acceptors (Lipinski definition) is 6. The van der Waals surface area contributed by atoms with Crippen LogP contribution in [0.2, 0.25) is 0 Å². The van der Waals surface area contributed by atoms with Crippen molar-refractivity contribution in [2.45, 2.75) is 25.0 Å². The highest BCUT2D eigenvalue weighted by Gasteiger charge is 2.28. The van der Waals surface area contributed by atoms with Gasteiger partial charge < -0.3 is 29.2 Å². The molecule has 0 saturated carbocycles. The number of hydrogen-bond donors (Lipinski definition) is 1. The normalized spacial score (nSPS) is 19.1. The molecule has 2 heterocycles. The van der Waals surface area contributed by atoms with Gasteiger partial charge in [-0.15, -0.1) is 0 Å². The molecule has 7 nitrogen and oxygen atoms in total. The Bertz CT molecular complexity index is 955. The summed E-state index contributed by atoms with van der Waals surface area (Å²) in [6.07, 6.45) is -1.44. The van der Waals surface area contributed by atoms with Crippen LogP contribution in [0.1, 0.15) is 23.7 Å². The molecule has 1 aliphatic rings. The molecule has 1 fully saturated rings. The van der Waals surface area contributed by atoms with Gasteiger partial charge in [-0.3, -0.25) is 0 Å². The van der Waals surface area contributed by atoms with Crippen LogP contribution in [0.3, 0.4) is 0 Å². The van der Waals surface area contributed by atoms with Gasteiger partial charge in [0, 0.05) is 30.6 Å². The first-order valence-electron chi connectivity index (χ1n) is 9.48. The zero-order chi connectivity index (χ0) is 20.2. The molecule has 1 saturated heterocycles. The van der Waals surface area contributed by atoms with E-state index < -0.39 is 12.2 Å². The third-order valence-corrected chi connectivity index (χ3v) is 5.16. The summed E-state index contributed by atoms with van der Waals surface area (Å²) in [5.74, 6) is 1.19. The predicted molar refractivity (Wildman–Crippen MR) is 103 cm³/mol. The molecule has 3 aromatic rings. The number of likely N-dealkylation sites (tertiary alicyclic amines) is 1. The minimum Gasteiger partial charge on any atom is -0.530 e. The molecule has 1 aromatic heterocycles. The standard InChI is InChI=1S/C22H22N2O5/c25-21-13-24(22(26)27)11-10-19(21)15-6-8-17(9-7-15)28-14-18-12-20(23-29-18)16-4-2-1-3-5-16/h1-9,12,19,21,25H,10-11,13-14H2,(H,26,27)/p-1. The van der Waals surface area contributed by atoms with Gasteiger partial charge in [0.2, 0.25) is 0 Å². The summed E-state index contributed by atoms with van der Waals surface area (Å²) in [5, 5.41) is 25.3. The lowest BCUT2D eigenvalue weighted by molar-refractivity contribution is -0.268. The van der Waals surface area contributed by atoms with Gasteiger partial charge in [-0.25, -0.2) is 0 Å². The molecule has 1 N–H and O–H groups in total. The van der Waals surface area contributed by atoms with Crippen molar-refractivity contribution in [3.05, 3.63) is 72.0 Å². The van der Waals surface area contributed by atoms with Crippen molar-refractivity contribution in [1.29, 1.82) is 0 Å². The van der Waals surface area contributed by atoms with Gasteiger partial charge in [0.1, 0.15) is 24.1 Å². The van der Waals surface area contributed by atoms with E-state index in [4.69, 9.17) is 9.26 Å². The van der Waals surface area contributed by atoms with E-state index in [9.17, 15) is 15.0 Å². The highest BCUT2D eigenvalue weighted by Crippen LogP contribution is 2.30. The fourth-order valence-electron chi connectivity index (χ4n) is 3.58. The van der Waals surface area contributed by atoms with Crippen LogP contribution in [0.5, 0.6) is 5.75 Å². The Labute approximate surface area is 168 Å². The second-order valence-electron chi connectivity index (χ2n) is 7.08. The molecular weight excluding hydrogens is 372 g/mol. The maximum Gasteiger partial charge on any atom is 0.174 e. The summed E-state index contributed by atoms with van der Waals surface area (Å²) in [7, 11) is 0. The van der Waals surface area contributed by atoms with Gasteiger partial charge in [0.25, 0.3) is 0 Å². The number of aliphatic hydroxyl groups excluding tert-OH is 1. The molecular formula is C22H21N2O5-. The van der Waals surface area contributed by atoms with Gasteiger partial charge >= 0.3 is 0 Å². The van der Waals surface area contributed by atoms with Gasteiger partial charge in [-0.05, 0) is 24.1 Å². The third-order valence-electron chi connectivity index (χ3n) is 5.16. The number of aromatic nitrogens is 1. The average Bonchev–Trinajstić information content (AvgIpc) is 3.22. The molecule has 2 aromatic carbocycles. The monoisotopic (exact) mass is 393 g/mol. The van der Waals surface area contributed by atoms with E-state index in [-0.39, 0.29) is 19.1 Å². The average molecular weight is 393 g/mol. The Morgan fingerprint density at radius 2 is 1.97 bits per heavy atom. The number of β-amino-alcohol motifs (C(OH)–C–C–N with tert-alkyl or cyclic N) is 1. The van der Waals surface area contributed by atoms with Crippen LogP contribution in [0, 0.1) is 0 Å². The Balaban J connectivity index is 1.34. The molecule has 150 valence electrons. The number of piperidine rings is 1. The zero-order valence-corrected chi connectivity index (χ0v) is 15.7. The number of carbonyl (C=O) groups excluding carboxylic acids is 1. The minimum atomic E-state index is -1.24. The number of nitrogens with zero attached hydrogens (tertiary/aromatic N) is 2. The molecule has 1 aliphatic heterocycles. The van der Waals surface area contributed by atoms with E-state index in [1.807, 2.05) is 60.7 Å². The third kappa shape index (κ3) is 4.41. The minimum absolute atomic E-state index is 0.0699. The Morgan fingerprint density at radius 1 is 1.21 bits per heavy atom. The van der Waals surface area contributed by atoms with Crippen LogP contribution in [-0.2, 0) is 6.61 Å². The van der Waals surface area contributed by atoms with E-state index in [1.54, 1.807) is 0 Å². The van der Waals surface area contributed by atoms with E-state index in [0.29, 0.717) is 24.5 Å². The molecule has 0 aliphatic carbocycles. The summed E-state index contributed by atoms with van der Waals surface area (Å²) >= 11 is 0. The summed E-state index contributed by atoms with van der Waals surface area (Å²) < 4.78 is 11.1. The molecule has 29 heavy (non-hydrogen) atoms.